The molecule has 13 heteroatoms. The van der Waals surface area contributed by atoms with Gasteiger partial charge in [-0.25, -0.2) is 9.97 Å². The third kappa shape index (κ3) is 5.82. The van der Waals surface area contributed by atoms with Crippen LogP contribution < -0.4 is 16.2 Å². The summed E-state index contributed by atoms with van der Waals surface area (Å²) in [4.78, 5) is 22.4. The van der Waals surface area contributed by atoms with E-state index in [4.69, 9.17) is 0 Å². The summed E-state index contributed by atoms with van der Waals surface area (Å²) in [5, 5.41) is 3.13. The minimum absolute atomic E-state index is 0.0118. The fourth-order valence-corrected chi connectivity index (χ4v) is 3.15. The van der Waals surface area contributed by atoms with E-state index in [9.17, 15) is 31.1 Å². The number of nitrogens with zero attached hydrogens (tertiary/aromatic N) is 3. The molecule has 2 aromatic rings. The van der Waals surface area contributed by atoms with E-state index in [1.807, 2.05) is 0 Å². The number of carbonyl (C=O) groups is 1. The molecular weight excluding hydrogens is 430 g/mol. The lowest BCUT2D eigenvalue weighted by molar-refractivity contribution is -0.143. The third-order valence-electron chi connectivity index (χ3n) is 4.58. The van der Waals surface area contributed by atoms with Crippen LogP contribution in [0.4, 0.5) is 32.0 Å². The first-order valence-electron chi connectivity index (χ1n) is 9.11. The van der Waals surface area contributed by atoms with E-state index >= 15 is 0 Å². The zero-order valence-electron chi connectivity index (χ0n) is 15.9. The summed E-state index contributed by atoms with van der Waals surface area (Å²) in [6, 6.07) is 0.100. The minimum Gasteiger partial charge on any atom is -0.314 e. The van der Waals surface area contributed by atoms with Crippen LogP contribution in [-0.2, 0) is 17.1 Å². The van der Waals surface area contributed by atoms with Crippen LogP contribution in [-0.4, -0.2) is 47.0 Å². The standard InChI is InChI=1S/C18H18F6N6O/c19-17(20,21)12-5-13(18(22,23)24)7-14(6-12)28-29-16(31)15(11-8-26-10-27-9-11)30-3-1-25-2-4-30/h5-10,15,25,28H,1-4H2,(H,29,31). The molecule has 3 rings (SSSR count). The van der Waals surface area contributed by atoms with E-state index in [1.54, 1.807) is 4.90 Å². The molecule has 0 spiro atoms. The lowest BCUT2D eigenvalue weighted by Crippen LogP contribution is -2.50. The summed E-state index contributed by atoms with van der Waals surface area (Å²) in [5.41, 5.74) is 1.28. The van der Waals surface area contributed by atoms with Gasteiger partial charge in [-0.1, -0.05) is 0 Å². The van der Waals surface area contributed by atoms with Gasteiger partial charge in [0.05, 0.1) is 16.8 Å². The first-order chi connectivity index (χ1) is 14.6. The molecule has 0 saturated carbocycles. The number of rotatable bonds is 5. The van der Waals surface area contributed by atoms with Crippen LogP contribution in [0.25, 0.3) is 0 Å². The van der Waals surface area contributed by atoms with Gasteiger partial charge in [0.25, 0.3) is 5.91 Å². The summed E-state index contributed by atoms with van der Waals surface area (Å²) < 4.78 is 78.1. The van der Waals surface area contributed by atoms with Gasteiger partial charge in [-0.2, -0.15) is 26.3 Å². The van der Waals surface area contributed by atoms with Gasteiger partial charge in [0, 0.05) is 44.1 Å². The Balaban J connectivity index is 1.83. The molecule has 3 N–H and O–H groups in total. The monoisotopic (exact) mass is 448 g/mol. The van der Waals surface area contributed by atoms with Crippen LogP contribution in [0.15, 0.2) is 36.9 Å². The Kier molecular flexibility index (Phi) is 6.65. The van der Waals surface area contributed by atoms with Gasteiger partial charge in [-0.3, -0.25) is 20.5 Å². The molecule has 1 saturated heterocycles. The quantitative estimate of drug-likeness (QED) is 0.482. The predicted octanol–water partition coefficient (Wildman–Crippen LogP) is 2.60. The number of benzene rings is 1. The lowest BCUT2D eigenvalue weighted by atomic mass is 10.1. The summed E-state index contributed by atoms with van der Waals surface area (Å²) in [6.07, 6.45) is -5.87. The largest absolute Gasteiger partial charge is 0.416 e. The molecule has 31 heavy (non-hydrogen) atoms. The van der Waals surface area contributed by atoms with Crippen molar-refractivity contribution in [3.8, 4) is 0 Å². The Morgan fingerprint density at radius 2 is 1.52 bits per heavy atom. The summed E-state index contributed by atoms with van der Waals surface area (Å²) in [7, 11) is 0. The van der Waals surface area contributed by atoms with Gasteiger partial charge in [-0.05, 0) is 18.2 Å². The molecule has 1 aliphatic heterocycles. The molecule has 7 nitrogen and oxygen atoms in total. The second-order valence-corrected chi connectivity index (χ2v) is 6.77. The Hall–Kier alpha value is -2.93. The lowest BCUT2D eigenvalue weighted by Gasteiger charge is -2.33. The molecule has 0 aliphatic carbocycles. The number of hydrogen-bond donors (Lipinski definition) is 3. The van der Waals surface area contributed by atoms with E-state index in [0.717, 1.165) is 0 Å². The highest BCUT2D eigenvalue weighted by molar-refractivity contribution is 5.84. The maximum absolute atomic E-state index is 13.0. The van der Waals surface area contributed by atoms with Crippen LogP contribution >= 0.6 is 0 Å². The van der Waals surface area contributed by atoms with Crippen molar-refractivity contribution in [3.63, 3.8) is 0 Å². The number of piperazine rings is 1. The highest BCUT2D eigenvalue weighted by atomic mass is 19.4. The van der Waals surface area contributed by atoms with Crippen LogP contribution in [0.1, 0.15) is 22.7 Å². The second-order valence-electron chi connectivity index (χ2n) is 6.77. The van der Waals surface area contributed by atoms with Crippen LogP contribution in [0.5, 0.6) is 0 Å². The number of aromatic nitrogens is 2. The topological polar surface area (TPSA) is 82.2 Å². The van der Waals surface area contributed by atoms with E-state index in [-0.39, 0.29) is 6.07 Å². The van der Waals surface area contributed by atoms with Crippen LogP contribution in [0.2, 0.25) is 0 Å². The van der Waals surface area contributed by atoms with E-state index in [2.05, 4.69) is 26.1 Å². The van der Waals surface area contributed by atoms with Crippen molar-refractivity contribution in [1.82, 2.24) is 25.6 Å². The van der Waals surface area contributed by atoms with Gasteiger partial charge in [0.15, 0.2) is 0 Å². The Morgan fingerprint density at radius 3 is 2.03 bits per heavy atom. The van der Waals surface area contributed by atoms with E-state index in [0.29, 0.717) is 43.9 Å². The van der Waals surface area contributed by atoms with Crippen molar-refractivity contribution in [2.45, 2.75) is 18.4 Å². The van der Waals surface area contributed by atoms with Crippen LogP contribution in [0.3, 0.4) is 0 Å². The average Bonchev–Trinajstić information content (AvgIpc) is 2.72. The number of hydrogen-bond acceptors (Lipinski definition) is 6. The fraction of sp³-hybridized carbons (Fsp3) is 0.389. The molecule has 1 aromatic carbocycles. The molecule has 1 amide bonds. The molecule has 1 unspecified atom stereocenters. The molecule has 1 fully saturated rings. The van der Waals surface area contributed by atoms with Crippen molar-refractivity contribution in [3.05, 3.63) is 53.6 Å². The number of nitrogens with one attached hydrogen (secondary N) is 3. The average molecular weight is 448 g/mol. The number of alkyl halides is 6. The Labute approximate surface area is 172 Å². The summed E-state index contributed by atoms with van der Waals surface area (Å²) in [6.45, 7) is 2.20. The number of hydrazine groups is 1. The van der Waals surface area contributed by atoms with Crippen molar-refractivity contribution in [2.75, 3.05) is 31.6 Å². The van der Waals surface area contributed by atoms with E-state index < -0.39 is 41.1 Å². The van der Waals surface area contributed by atoms with Gasteiger partial charge >= 0.3 is 12.4 Å². The number of halogens is 6. The third-order valence-corrected chi connectivity index (χ3v) is 4.58. The molecule has 0 bridgehead atoms. The predicted molar refractivity (Wildman–Crippen MR) is 97.4 cm³/mol. The van der Waals surface area contributed by atoms with Gasteiger partial charge in [-0.15, -0.1) is 0 Å². The molecule has 1 atom stereocenters. The first-order valence-corrected chi connectivity index (χ1v) is 9.11. The highest BCUT2D eigenvalue weighted by Gasteiger charge is 2.37. The molecule has 168 valence electrons. The van der Waals surface area contributed by atoms with Gasteiger partial charge < -0.3 is 5.32 Å². The summed E-state index contributed by atoms with van der Waals surface area (Å²) >= 11 is 0. The number of carbonyl (C=O) groups excluding carboxylic acids is 1. The zero-order chi connectivity index (χ0) is 22.6. The second kappa shape index (κ2) is 9.06. The minimum atomic E-state index is -4.99. The SMILES string of the molecule is O=C(NNc1cc(C(F)(F)F)cc(C(F)(F)F)c1)C(c1cncnc1)N1CCNCC1. The molecule has 1 aromatic heterocycles. The molecule has 0 radical (unpaired) electrons. The maximum Gasteiger partial charge on any atom is 0.416 e. The Morgan fingerprint density at radius 1 is 0.968 bits per heavy atom. The summed E-state index contributed by atoms with van der Waals surface area (Å²) in [5.74, 6) is -0.678. The van der Waals surface area contributed by atoms with Crippen molar-refractivity contribution in [1.29, 1.82) is 0 Å². The van der Waals surface area contributed by atoms with Crippen LogP contribution in [0, 0.1) is 0 Å². The van der Waals surface area contributed by atoms with Crippen molar-refractivity contribution in [2.24, 2.45) is 0 Å². The molecule has 2 heterocycles. The first kappa shape index (κ1) is 22.7. The normalized spacial score (nSPS) is 16.6. The number of anilines is 1. The van der Waals surface area contributed by atoms with Crippen molar-refractivity contribution >= 4 is 11.6 Å². The smallest absolute Gasteiger partial charge is 0.314 e. The number of amides is 1. The molecule has 1 aliphatic rings. The van der Waals surface area contributed by atoms with Gasteiger partial charge in [0.2, 0.25) is 0 Å². The van der Waals surface area contributed by atoms with E-state index in [1.165, 1.54) is 18.7 Å². The fourth-order valence-electron chi connectivity index (χ4n) is 3.15. The van der Waals surface area contributed by atoms with Gasteiger partial charge in [0.1, 0.15) is 12.4 Å². The zero-order valence-corrected chi connectivity index (χ0v) is 15.9. The maximum atomic E-state index is 13.0. The Bertz CT molecular complexity index is 866. The van der Waals surface area contributed by atoms with Crippen molar-refractivity contribution < 1.29 is 31.1 Å². The molecular formula is C18H18F6N6O. The highest BCUT2D eigenvalue weighted by Crippen LogP contribution is 2.37.